The number of aliphatic hydroxyl groups is 2. The normalized spacial score (nSPS) is 29.8. The predicted octanol–water partition coefficient (Wildman–Crippen LogP) is 1.75. The van der Waals surface area contributed by atoms with Crippen LogP contribution in [0.5, 0.6) is 0 Å². The Bertz CT molecular complexity index is 1620. The largest absolute Gasteiger partial charge is 0.458 e. The minimum Gasteiger partial charge on any atom is -0.458 e. The Hall–Kier alpha value is -3.44. The maximum atomic E-state index is 14.7. The molecule has 8 atom stereocenters. The van der Waals surface area contributed by atoms with Gasteiger partial charge in [-0.3, -0.25) is 19.2 Å². The van der Waals surface area contributed by atoms with Crippen LogP contribution in [0.3, 0.4) is 0 Å². The smallest absolute Gasteiger partial charge is 0.327 e. The van der Waals surface area contributed by atoms with Crippen LogP contribution in [0.2, 0.25) is 0 Å². The molecule has 48 heavy (non-hydrogen) atoms. The minimum absolute atomic E-state index is 0.0259. The molecule has 252 valence electrons. The quantitative estimate of drug-likeness (QED) is 0.177. The summed E-state index contributed by atoms with van der Waals surface area (Å²) < 4.78 is 20.9. The summed E-state index contributed by atoms with van der Waals surface area (Å²) in [5.41, 5.74) is 0.685. The van der Waals surface area contributed by atoms with Crippen LogP contribution in [-0.4, -0.2) is 88.8 Å². The highest BCUT2D eigenvalue weighted by molar-refractivity contribution is 14.1. The van der Waals surface area contributed by atoms with Gasteiger partial charge in [0.05, 0.1) is 19.3 Å². The third-order valence-corrected chi connectivity index (χ3v) is 10.3. The van der Waals surface area contributed by atoms with Gasteiger partial charge in [0.15, 0.2) is 6.04 Å². The lowest BCUT2D eigenvalue weighted by molar-refractivity contribution is -0.213. The van der Waals surface area contributed by atoms with Crippen LogP contribution in [0, 0.1) is 8.99 Å². The number of nitrogens with one attached hydrogen (secondary N) is 2. The number of rotatable bonds is 10. The van der Waals surface area contributed by atoms with Gasteiger partial charge in [0, 0.05) is 27.7 Å². The van der Waals surface area contributed by atoms with Gasteiger partial charge >= 0.3 is 5.97 Å². The van der Waals surface area contributed by atoms with Crippen LogP contribution in [0.4, 0.5) is 0 Å². The maximum Gasteiger partial charge on any atom is 0.327 e. The van der Waals surface area contributed by atoms with Crippen LogP contribution in [0.15, 0.2) is 84.9 Å². The van der Waals surface area contributed by atoms with Crippen molar-refractivity contribution in [1.82, 2.24) is 15.7 Å². The molecule has 3 saturated heterocycles. The summed E-state index contributed by atoms with van der Waals surface area (Å²) in [6.45, 7) is 1.16. The molecule has 4 N–H and O–H groups in total. The highest BCUT2D eigenvalue weighted by atomic mass is 127. The van der Waals surface area contributed by atoms with Crippen LogP contribution in [0.1, 0.15) is 30.0 Å². The molecule has 1 saturated carbocycles. The van der Waals surface area contributed by atoms with Crippen LogP contribution in [-0.2, 0) is 45.8 Å². The Kier molecular flexibility index (Phi) is 9.04. The fourth-order valence-electron chi connectivity index (χ4n) is 7.43. The van der Waals surface area contributed by atoms with Crippen molar-refractivity contribution in [3.05, 3.63) is 105 Å². The van der Waals surface area contributed by atoms with Gasteiger partial charge in [-0.25, -0.2) is 0 Å². The van der Waals surface area contributed by atoms with Crippen molar-refractivity contribution in [1.29, 1.82) is 0 Å². The SMILES string of the molecule is CC(O)C(NC(=O)C12CC3OC(=O)C1N(Cc1ccc(I)cc1)OC2C1OC(c2ccccc2)(c2ccccc2)OC31)C(=O)NCCO. The van der Waals surface area contributed by atoms with Gasteiger partial charge in [0.25, 0.3) is 0 Å². The number of halogens is 1. The van der Waals surface area contributed by atoms with Gasteiger partial charge in [0.2, 0.25) is 17.6 Å². The molecule has 3 aromatic rings. The highest BCUT2D eigenvalue weighted by Gasteiger charge is 2.76. The van der Waals surface area contributed by atoms with E-state index in [0.29, 0.717) is 11.1 Å². The molecule has 3 aliphatic heterocycles. The topological polar surface area (TPSA) is 156 Å². The van der Waals surface area contributed by atoms with Crippen molar-refractivity contribution >= 4 is 40.4 Å². The average molecular weight is 770 g/mol. The molecule has 12 nitrogen and oxygen atoms in total. The Labute approximate surface area is 290 Å². The Morgan fingerprint density at radius 2 is 1.60 bits per heavy atom. The molecule has 3 aromatic carbocycles. The summed E-state index contributed by atoms with van der Waals surface area (Å²) in [6.07, 6.45) is -4.88. The molecule has 2 bridgehead atoms. The number of carbonyl (C=O) groups is 3. The fourth-order valence-corrected chi connectivity index (χ4v) is 7.79. The standard InChI is InChI=1S/C35H36IN3O9/c1-20(41)26(31(42)37-16-17-40)38-33(44)34-18-25-27-28(47-35(46-27,22-8-4-2-5-9-22)23-10-6-3-7-11-23)30(34)48-39(29(34)32(43)45-25)19-21-12-14-24(36)15-13-21/h2-15,20,25-30,40-41H,16-19H2,1H3,(H,37,42)(H,38,44). The first-order valence-electron chi connectivity index (χ1n) is 15.9. The van der Waals surface area contributed by atoms with Gasteiger partial charge < -0.3 is 35.1 Å². The average Bonchev–Trinajstić information content (AvgIpc) is 3.67. The number of amides is 2. The Morgan fingerprint density at radius 1 is 0.979 bits per heavy atom. The van der Waals surface area contributed by atoms with Gasteiger partial charge in [0.1, 0.15) is 35.9 Å². The van der Waals surface area contributed by atoms with E-state index in [1.807, 2.05) is 84.9 Å². The van der Waals surface area contributed by atoms with E-state index in [9.17, 15) is 24.6 Å². The molecule has 3 heterocycles. The number of benzene rings is 3. The second-order valence-corrected chi connectivity index (χ2v) is 13.8. The number of hydrogen-bond acceptors (Lipinski definition) is 10. The molecule has 4 aliphatic rings. The summed E-state index contributed by atoms with van der Waals surface area (Å²) in [6, 6.07) is 24.0. The zero-order valence-electron chi connectivity index (χ0n) is 26.0. The Balaban J connectivity index is 1.32. The minimum atomic E-state index is -1.58. The van der Waals surface area contributed by atoms with Crippen molar-refractivity contribution in [2.45, 2.75) is 68.3 Å². The molecule has 0 radical (unpaired) electrons. The second-order valence-electron chi connectivity index (χ2n) is 12.6. The number of hydroxylamine groups is 2. The van der Waals surface area contributed by atoms with E-state index in [1.54, 1.807) is 0 Å². The third kappa shape index (κ3) is 5.50. The molecule has 0 spiro atoms. The zero-order valence-corrected chi connectivity index (χ0v) is 28.2. The third-order valence-electron chi connectivity index (χ3n) is 9.60. The number of ether oxygens (including phenoxy) is 3. The van der Waals surface area contributed by atoms with Gasteiger partial charge in [-0.1, -0.05) is 72.8 Å². The monoisotopic (exact) mass is 769 g/mol. The van der Waals surface area contributed by atoms with Crippen molar-refractivity contribution in [3.63, 3.8) is 0 Å². The van der Waals surface area contributed by atoms with E-state index in [-0.39, 0.29) is 26.1 Å². The van der Waals surface area contributed by atoms with E-state index in [4.69, 9.17) is 19.0 Å². The number of esters is 1. The lowest BCUT2D eigenvalue weighted by Crippen LogP contribution is -2.71. The number of aliphatic hydroxyl groups excluding tert-OH is 2. The summed E-state index contributed by atoms with van der Waals surface area (Å²) in [7, 11) is 0. The van der Waals surface area contributed by atoms with Crippen molar-refractivity contribution in [2.24, 2.45) is 5.41 Å². The van der Waals surface area contributed by atoms with Gasteiger partial charge in [-0.2, -0.15) is 5.06 Å². The summed E-state index contributed by atoms with van der Waals surface area (Å²) in [4.78, 5) is 48.4. The number of fused-ring (bicyclic) bond motifs is 4. The predicted molar refractivity (Wildman–Crippen MR) is 177 cm³/mol. The van der Waals surface area contributed by atoms with Crippen LogP contribution >= 0.6 is 22.6 Å². The van der Waals surface area contributed by atoms with Gasteiger partial charge in [-0.15, -0.1) is 0 Å². The molecule has 2 amide bonds. The molecule has 0 aromatic heterocycles. The van der Waals surface area contributed by atoms with Crippen molar-refractivity contribution in [3.8, 4) is 0 Å². The molecular formula is C35H36IN3O9. The highest BCUT2D eigenvalue weighted by Crippen LogP contribution is 2.59. The first kappa shape index (κ1) is 33.1. The summed E-state index contributed by atoms with van der Waals surface area (Å²) in [5.74, 6) is -3.40. The second kappa shape index (κ2) is 13.1. The summed E-state index contributed by atoms with van der Waals surface area (Å²) >= 11 is 2.21. The van der Waals surface area contributed by atoms with E-state index >= 15 is 0 Å². The van der Waals surface area contributed by atoms with Crippen molar-refractivity contribution in [2.75, 3.05) is 13.2 Å². The molecule has 1 aliphatic carbocycles. The zero-order chi connectivity index (χ0) is 33.6. The number of hydrogen-bond donors (Lipinski definition) is 4. The fraction of sp³-hybridized carbons (Fsp3) is 0.400. The number of carbonyl (C=O) groups excluding carboxylic acids is 3. The molecule has 4 fully saturated rings. The van der Waals surface area contributed by atoms with Crippen molar-refractivity contribution < 1.29 is 43.6 Å². The Morgan fingerprint density at radius 3 is 2.21 bits per heavy atom. The lowest BCUT2D eigenvalue weighted by Gasteiger charge is -2.49. The van der Waals surface area contributed by atoms with Gasteiger partial charge in [-0.05, 0) is 47.2 Å². The molecule has 7 rings (SSSR count). The van der Waals surface area contributed by atoms with Crippen LogP contribution in [0.25, 0.3) is 0 Å². The van der Waals surface area contributed by atoms with E-state index in [0.717, 1.165) is 9.13 Å². The molecular weight excluding hydrogens is 733 g/mol. The lowest BCUT2D eigenvalue weighted by atomic mass is 9.62. The number of nitrogens with zero attached hydrogens (tertiary/aromatic N) is 1. The maximum absolute atomic E-state index is 14.7. The van der Waals surface area contributed by atoms with E-state index < -0.39 is 71.6 Å². The van der Waals surface area contributed by atoms with Crippen LogP contribution < -0.4 is 10.6 Å². The first-order chi connectivity index (χ1) is 23.2. The van der Waals surface area contributed by atoms with E-state index in [2.05, 4.69) is 33.2 Å². The van der Waals surface area contributed by atoms with E-state index in [1.165, 1.54) is 12.0 Å². The molecule has 13 heteroatoms. The first-order valence-corrected chi connectivity index (χ1v) is 17.0. The molecule has 8 unspecified atom stereocenters. The summed E-state index contributed by atoms with van der Waals surface area (Å²) in [5, 5.41) is 26.5.